The maximum absolute atomic E-state index is 12.5. The van der Waals surface area contributed by atoms with Crippen molar-refractivity contribution < 1.29 is 17.4 Å². The van der Waals surface area contributed by atoms with Gasteiger partial charge in [0.2, 0.25) is 0 Å². The summed E-state index contributed by atoms with van der Waals surface area (Å²) in [7, 11) is 0. The number of benzene rings is 2. The van der Waals surface area contributed by atoms with Crippen molar-refractivity contribution in [3.63, 3.8) is 0 Å². The molecule has 0 saturated heterocycles. The van der Waals surface area contributed by atoms with E-state index in [1.165, 1.54) is 17.5 Å². The monoisotopic (exact) mass is 542 g/mol. The summed E-state index contributed by atoms with van der Waals surface area (Å²) >= 11 is -2.12. The summed E-state index contributed by atoms with van der Waals surface area (Å²) in [5.41, 5.74) is 3.48. The Hall–Kier alpha value is -2.15. The molecule has 0 radical (unpaired) electrons. The molecule has 166 valence electrons. The number of carbonyl (C=O) groups is 2. The molecular weight excluding hydrogens is 515 g/mol. The Kier molecular flexibility index (Phi) is 4.93. The zero-order valence-corrected chi connectivity index (χ0v) is 20.3. The summed E-state index contributed by atoms with van der Waals surface area (Å²) < 4.78 is 14.5. The second-order valence-electron chi connectivity index (χ2n) is 9.69. The van der Waals surface area contributed by atoms with Crippen molar-refractivity contribution in [2.45, 2.75) is 51.4 Å². The molecule has 0 unspecified atom stereocenters. The second kappa shape index (κ2) is 7.72. The molecule has 4 aliphatic rings. The number of Topliss-reactive ketones (excluding diaryl/α,β-unsaturated/α-hetero) is 1. The van der Waals surface area contributed by atoms with Gasteiger partial charge in [0.1, 0.15) is 0 Å². The first-order valence-electron chi connectivity index (χ1n) is 11.5. The Labute approximate surface area is 196 Å². The van der Waals surface area contributed by atoms with Crippen LogP contribution in [0, 0.1) is 20.8 Å². The minimum absolute atomic E-state index is 0.0702. The van der Waals surface area contributed by atoms with Crippen molar-refractivity contribution in [3.8, 4) is 5.75 Å². The van der Waals surface area contributed by atoms with Crippen LogP contribution < -0.4 is 4.74 Å². The molecule has 6 rings (SSSR count). The van der Waals surface area contributed by atoms with Gasteiger partial charge in [0.15, 0.2) is 0 Å². The summed E-state index contributed by atoms with van der Waals surface area (Å²) in [5.74, 6) is 2.90. The maximum atomic E-state index is 12.5. The van der Waals surface area contributed by atoms with Gasteiger partial charge in [-0.3, -0.25) is 4.79 Å². The minimum Gasteiger partial charge on any atom is -0.299 e. The van der Waals surface area contributed by atoms with Gasteiger partial charge in [-0.2, -0.15) is 0 Å². The fourth-order valence-corrected chi connectivity index (χ4v) is 9.98. The van der Waals surface area contributed by atoms with Crippen LogP contribution in [0.2, 0.25) is 0 Å². The summed E-state index contributed by atoms with van der Waals surface area (Å²) in [4.78, 5) is 24.5. The number of ketones is 1. The van der Waals surface area contributed by atoms with Crippen LogP contribution in [0.25, 0.3) is 0 Å². The van der Waals surface area contributed by atoms with Crippen molar-refractivity contribution in [2.75, 3.05) is 0 Å². The second-order valence-corrected chi connectivity index (χ2v) is 13.6. The van der Waals surface area contributed by atoms with Crippen molar-refractivity contribution in [1.82, 2.24) is 0 Å². The molecule has 0 bridgehead atoms. The van der Waals surface area contributed by atoms with E-state index in [-0.39, 0.29) is 11.4 Å². The topological polar surface area (TPSA) is 52.6 Å². The first kappa shape index (κ1) is 20.5. The zero-order chi connectivity index (χ0) is 21.9. The van der Waals surface area contributed by atoms with Gasteiger partial charge in [-0.25, -0.2) is 0 Å². The normalized spacial score (nSPS) is 31.7. The van der Waals surface area contributed by atoms with Gasteiger partial charge in [-0.05, 0) is 0 Å². The van der Waals surface area contributed by atoms with Crippen LogP contribution in [0.4, 0.5) is 0 Å². The van der Waals surface area contributed by atoms with Crippen molar-refractivity contribution in [1.29, 1.82) is 0 Å². The van der Waals surface area contributed by atoms with Crippen LogP contribution in [0.3, 0.4) is 0 Å². The Morgan fingerprint density at radius 1 is 1.09 bits per heavy atom. The molecule has 4 atom stereocenters. The predicted molar refractivity (Wildman–Crippen MR) is 130 cm³/mol. The van der Waals surface area contributed by atoms with Gasteiger partial charge in [0, 0.05) is 0 Å². The van der Waals surface area contributed by atoms with E-state index >= 15 is 0 Å². The van der Waals surface area contributed by atoms with Crippen LogP contribution in [0.1, 0.15) is 66.4 Å². The number of rotatable bonds is 3. The van der Waals surface area contributed by atoms with E-state index < -0.39 is 20.2 Å². The molecule has 5 heteroatoms. The molecule has 2 aromatic rings. The molecule has 1 aliphatic heterocycles. The molecule has 0 spiro atoms. The third-order valence-electron chi connectivity index (χ3n) is 8.22. The van der Waals surface area contributed by atoms with Crippen molar-refractivity contribution >= 4 is 32.0 Å². The van der Waals surface area contributed by atoms with E-state index in [0.29, 0.717) is 29.1 Å². The summed E-state index contributed by atoms with van der Waals surface area (Å²) in [6, 6.07) is 14.1. The molecule has 0 N–H and O–H groups in total. The molecule has 32 heavy (non-hydrogen) atoms. The first-order valence-corrected chi connectivity index (χ1v) is 14.7. The first-order chi connectivity index (χ1) is 15.5. The fourth-order valence-electron chi connectivity index (χ4n) is 6.60. The van der Waals surface area contributed by atoms with Gasteiger partial charge >= 0.3 is 192 Å². The molecular formula is C27H27IO4. The molecule has 1 heterocycles. The quantitative estimate of drug-likeness (QED) is 0.332. The molecule has 3 aliphatic carbocycles. The predicted octanol–water partition coefficient (Wildman–Crippen LogP) is 6.42. The van der Waals surface area contributed by atoms with E-state index in [0.717, 1.165) is 41.4 Å². The number of aryl methyl sites for hydroxylation is 1. The number of hydrogen-bond acceptors (Lipinski definition) is 4. The van der Waals surface area contributed by atoms with Crippen LogP contribution in [0.15, 0.2) is 52.8 Å². The molecule has 2 fully saturated rings. The number of ether oxygens (including phenoxy) is 1. The third kappa shape index (κ3) is 3.15. The van der Waals surface area contributed by atoms with E-state index in [9.17, 15) is 9.59 Å². The van der Waals surface area contributed by atoms with E-state index in [4.69, 9.17) is 7.80 Å². The molecule has 0 amide bonds. The van der Waals surface area contributed by atoms with E-state index in [2.05, 4.69) is 25.1 Å². The van der Waals surface area contributed by atoms with Crippen LogP contribution >= 0.6 is 20.2 Å². The van der Waals surface area contributed by atoms with Gasteiger partial charge in [-0.15, -0.1) is 0 Å². The van der Waals surface area contributed by atoms with Crippen LogP contribution in [-0.2, 0) is 14.3 Å². The number of carbonyl (C=O) groups excluding carboxylic acids is 2. The fraction of sp³-hybridized carbons (Fsp3) is 0.407. The van der Waals surface area contributed by atoms with Gasteiger partial charge in [0.25, 0.3) is 0 Å². The van der Waals surface area contributed by atoms with Crippen LogP contribution in [0.5, 0.6) is 5.75 Å². The zero-order valence-electron chi connectivity index (χ0n) is 18.2. The number of hydrogen-bond donors (Lipinski definition) is 0. The Bertz CT molecular complexity index is 1140. The smallest absolute Gasteiger partial charge is 0.299 e. The van der Waals surface area contributed by atoms with Gasteiger partial charge < -0.3 is 0 Å². The summed E-state index contributed by atoms with van der Waals surface area (Å²) in [5, 5.41) is 0. The van der Waals surface area contributed by atoms with Gasteiger partial charge in [-0.1, -0.05) is 0 Å². The Balaban J connectivity index is 1.18. The summed E-state index contributed by atoms with van der Waals surface area (Å²) in [6.45, 7) is 2.23. The van der Waals surface area contributed by atoms with Crippen molar-refractivity contribution in [2.24, 2.45) is 17.3 Å². The molecule has 2 aromatic carbocycles. The Morgan fingerprint density at radius 2 is 1.97 bits per heavy atom. The minimum atomic E-state index is -2.12. The third-order valence-corrected chi connectivity index (χ3v) is 12.1. The summed E-state index contributed by atoms with van der Waals surface area (Å²) in [6.07, 6.45) is 7.94. The SMILES string of the molecule is C[C@]12CC[C@@H]3c4ccc(O/C=C\I5OC(=O)c6ccccc65)cc4CC[C@H]3[C@@H]1CCC2=O. The molecule has 2 saturated carbocycles. The number of halogens is 1. The average molecular weight is 542 g/mol. The van der Waals surface area contributed by atoms with Gasteiger partial charge in [0.05, 0.1) is 0 Å². The standard InChI is InChI=1S/C27H27IO4/c1-27-13-12-20-19-9-7-18(16-17(19)6-8-21(20)23(27)10-11-25(27)29)31-15-14-28-24-5-3-2-4-22(24)26(30)32-28/h2-5,7,9,14-16,20-21,23H,6,8,10-13H2,1H3/b15-14-/t20-,21-,23+,27+/m1/s1. The average Bonchev–Trinajstić information content (AvgIpc) is 3.29. The Morgan fingerprint density at radius 3 is 2.88 bits per heavy atom. The van der Waals surface area contributed by atoms with Crippen LogP contribution in [-0.4, -0.2) is 11.8 Å². The number of fused-ring (bicyclic) bond motifs is 6. The molecule has 4 nitrogen and oxygen atoms in total. The van der Waals surface area contributed by atoms with E-state index in [1.807, 2.05) is 28.3 Å². The van der Waals surface area contributed by atoms with Crippen molar-refractivity contribution in [3.05, 3.63) is 73.1 Å². The van der Waals surface area contributed by atoms with E-state index in [1.54, 1.807) is 6.26 Å². The molecule has 0 aromatic heterocycles.